The summed E-state index contributed by atoms with van der Waals surface area (Å²) in [5.41, 5.74) is 0.393. The highest BCUT2D eigenvalue weighted by molar-refractivity contribution is 9.10. The maximum Gasteiger partial charge on any atom is 0.335 e. The lowest BCUT2D eigenvalue weighted by Crippen LogP contribution is -2.13. The fourth-order valence-electron chi connectivity index (χ4n) is 1.62. The molecule has 0 aliphatic heterocycles. The van der Waals surface area contributed by atoms with Gasteiger partial charge in [0.05, 0.1) is 21.8 Å². The first-order chi connectivity index (χ1) is 9.88. The molecule has 2 aromatic rings. The maximum atomic E-state index is 13.0. The summed E-state index contributed by atoms with van der Waals surface area (Å²) in [6, 6.07) is 7.60. The third-order valence-electron chi connectivity index (χ3n) is 2.64. The molecule has 21 heavy (non-hydrogen) atoms. The minimum absolute atomic E-state index is 0.0266. The number of benzene rings is 2. The zero-order chi connectivity index (χ0) is 15.6. The standard InChI is InChI=1S/C14H8BrClFNO3/c15-10-4-1-7(14(20)21)5-12(10)18-13(19)9-3-2-8(17)6-11(9)16/h1-6H,(H,18,19)(H,20,21). The average molecular weight is 373 g/mol. The number of carbonyl (C=O) groups is 2. The Labute approximate surface area is 132 Å². The van der Waals surface area contributed by atoms with Crippen LogP contribution in [0.5, 0.6) is 0 Å². The monoisotopic (exact) mass is 371 g/mol. The molecule has 0 radical (unpaired) electrons. The second-order valence-electron chi connectivity index (χ2n) is 4.08. The van der Waals surface area contributed by atoms with E-state index in [9.17, 15) is 14.0 Å². The summed E-state index contributed by atoms with van der Waals surface area (Å²) in [5.74, 6) is -2.23. The Balaban J connectivity index is 2.31. The van der Waals surface area contributed by atoms with Crippen molar-refractivity contribution in [3.05, 3.63) is 62.8 Å². The van der Waals surface area contributed by atoms with Crippen LogP contribution in [0.2, 0.25) is 5.02 Å². The molecule has 2 aromatic carbocycles. The molecule has 2 N–H and O–H groups in total. The molecule has 0 saturated heterocycles. The number of carboxylic acids is 1. The molecule has 0 spiro atoms. The highest BCUT2D eigenvalue weighted by Gasteiger charge is 2.14. The number of hydrogen-bond donors (Lipinski definition) is 2. The zero-order valence-electron chi connectivity index (χ0n) is 10.4. The number of amides is 1. The van der Waals surface area contributed by atoms with Crippen LogP contribution in [-0.2, 0) is 0 Å². The van der Waals surface area contributed by atoms with Crippen LogP contribution in [-0.4, -0.2) is 17.0 Å². The van der Waals surface area contributed by atoms with E-state index in [1.807, 2.05) is 0 Å². The number of rotatable bonds is 3. The number of hydrogen-bond acceptors (Lipinski definition) is 2. The smallest absolute Gasteiger partial charge is 0.335 e. The number of carboxylic acid groups (broad SMARTS) is 1. The molecule has 0 unspecified atom stereocenters. The maximum absolute atomic E-state index is 13.0. The van der Waals surface area contributed by atoms with Crippen molar-refractivity contribution >= 4 is 45.1 Å². The summed E-state index contributed by atoms with van der Waals surface area (Å²) in [6.07, 6.45) is 0. The Morgan fingerprint density at radius 3 is 2.52 bits per heavy atom. The molecule has 0 fully saturated rings. The second kappa shape index (κ2) is 6.24. The van der Waals surface area contributed by atoms with Gasteiger partial charge in [0.25, 0.3) is 5.91 Å². The van der Waals surface area contributed by atoms with Gasteiger partial charge in [-0.25, -0.2) is 9.18 Å². The van der Waals surface area contributed by atoms with Gasteiger partial charge in [-0.1, -0.05) is 11.6 Å². The quantitative estimate of drug-likeness (QED) is 0.849. The van der Waals surface area contributed by atoms with Crippen LogP contribution >= 0.6 is 27.5 Å². The molecule has 0 aliphatic carbocycles. The SMILES string of the molecule is O=C(O)c1ccc(Br)c(NC(=O)c2ccc(F)cc2Cl)c1. The van der Waals surface area contributed by atoms with E-state index in [1.54, 1.807) is 0 Å². The number of carbonyl (C=O) groups excluding carboxylic acids is 1. The third-order valence-corrected chi connectivity index (χ3v) is 3.64. The van der Waals surface area contributed by atoms with Crippen molar-refractivity contribution in [1.29, 1.82) is 0 Å². The zero-order valence-corrected chi connectivity index (χ0v) is 12.7. The normalized spacial score (nSPS) is 10.2. The molecule has 0 aromatic heterocycles. The summed E-state index contributed by atoms with van der Waals surface area (Å²) in [7, 11) is 0. The van der Waals surface area contributed by atoms with Gasteiger partial charge in [0.15, 0.2) is 0 Å². The molecule has 4 nitrogen and oxygen atoms in total. The van der Waals surface area contributed by atoms with Gasteiger partial charge in [-0.2, -0.15) is 0 Å². The summed E-state index contributed by atoms with van der Waals surface area (Å²) in [4.78, 5) is 23.0. The van der Waals surface area contributed by atoms with Gasteiger partial charge in [0.2, 0.25) is 0 Å². The molecular weight excluding hydrogens is 365 g/mol. The summed E-state index contributed by atoms with van der Waals surface area (Å²) in [5, 5.41) is 11.4. The fourth-order valence-corrected chi connectivity index (χ4v) is 2.22. The topological polar surface area (TPSA) is 66.4 Å². The summed E-state index contributed by atoms with van der Waals surface area (Å²) >= 11 is 9.02. The molecule has 0 aliphatic rings. The second-order valence-corrected chi connectivity index (χ2v) is 5.34. The minimum atomic E-state index is -1.11. The van der Waals surface area contributed by atoms with E-state index >= 15 is 0 Å². The number of nitrogens with one attached hydrogen (secondary N) is 1. The largest absolute Gasteiger partial charge is 0.478 e. The predicted octanol–water partition coefficient (Wildman–Crippen LogP) is 4.19. The highest BCUT2D eigenvalue weighted by Crippen LogP contribution is 2.25. The van der Waals surface area contributed by atoms with Crippen LogP contribution in [0.15, 0.2) is 40.9 Å². The molecule has 2 rings (SSSR count). The van der Waals surface area contributed by atoms with E-state index in [4.69, 9.17) is 16.7 Å². The number of aromatic carboxylic acids is 1. The van der Waals surface area contributed by atoms with E-state index in [2.05, 4.69) is 21.2 Å². The number of halogens is 3. The molecule has 0 heterocycles. The lowest BCUT2D eigenvalue weighted by atomic mass is 10.1. The van der Waals surface area contributed by atoms with Gasteiger partial charge in [0, 0.05) is 4.47 Å². The third kappa shape index (κ3) is 3.59. The summed E-state index contributed by atoms with van der Waals surface area (Å²) in [6.45, 7) is 0. The van der Waals surface area contributed by atoms with Crippen molar-refractivity contribution in [1.82, 2.24) is 0 Å². The molecule has 7 heteroatoms. The van der Waals surface area contributed by atoms with Crippen LogP contribution in [0.4, 0.5) is 10.1 Å². The van der Waals surface area contributed by atoms with E-state index in [0.717, 1.165) is 12.1 Å². The Hall–Kier alpha value is -1.92. The predicted molar refractivity (Wildman–Crippen MR) is 80.5 cm³/mol. The van der Waals surface area contributed by atoms with Gasteiger partial charge in [0.1, 0.15) is 5.82 Å². The van der Waals surface area contributed by atoms with Gasteiger partial charge in [-0.15, -0.1) is 0 Å². The van der Waals surface area contributed by atoms with Crippen LogP contribution in [0, 0.1) is 5.82 Å². The Morgan fingerprint density at radius 1 is 1.19 bits per heavy atom. The van der Waals surface area contributed by atoms with Crippen molar-refractivity contribution in [3.63, 3.8) is 0 Å². The van der Waals surface area contributed by atoms with Gasteiger partial charge in [-0.05, 0) is 52.3 Å². The van der Waals surface area contributed by atoms with Crippen molar-refractivity contribution < 1.29 is 19.1 Å². The average Bonchev–Trinajstić information content (AvgIpc) is 2.40. The Bertz CT molecular complexity index is 736. The van der Waals surface area contributed by atoms with Gasteiger partial charge in [-0.3, -0.25) is 4.79 Å². The van der Waals surface area contributed by atoms with Crippen LogP contribution in [0.25, 0.3) is 0 Å². The van der Waals surface area contributed by atoms with Crippen LogP contribution in [0.1, 0.15) is 20.7 Å². The lowest BCUT2D eigenvalue weighted by Gasteiger charge is -2.09. The van der Waals surface area contributed by atoms with E-state index in [-0.39, 0.29) is 21.8 Å². The fraction of sp³-hybridized carbons (Fsp3) is 0. The van der Waals surface area contributed by atoms with Crippen LogP contribution in [0.3, 0.4) is 0 Å². The molecule has 108 valence electrons. The minimum Gasteiger partial charge on any atom is -0.478 e. The summed E-state index contributed by atoms with van der Waals surface area (Å²) < 4.78 is 13.5. The first kappa shape index (κ1) is 15.5. The molecule has 0 atom stereocenters. The van der Waals surface area contributed by atoms with Gasteiger partial charge < -0.3 is 10.4 Å². The van der Waals surface area contributed by atoms with Gasteiger partial charge >= 0.3 is 5.97 Å². The first-order valence-corrected chi connectivity index (χ1v) is 6.85. The molecule has 1 amide bonds. The van der Waals surface area contributed by atoms with E-state index < -0.39 is 17.7 Å². The van der Waals surface area contributed by atoms with E-state index in [1.165, 1.54) is 24.3 Å². The lowest BCUT2D eigenvalue weighted by molar-refractivity contribution is 0.0696. The van der Waals surface area contributed by atoms with Crippen molar-refractivity contribution in [2.75, 3.05) is 5.32 Å². The highest BCUT2D eigenvalue weighted by atomic mass is 79.9. The van der Waals surface area contributed by atoms with Crippen molar-refractivity contribution in [2.45, 2.75) is 0 Å². The Morgan fingerprint density at radius 2 is 1.90 bits per heavy atom. The van der Waals surface area contributed by atoms with Crippen molar-refractivity contribution in [2.24, 2.45) is 0 Å². The molecule has 0 saturated carbocycles. The van der Waals surface area contributed by atoms with Crippen LogP contribution < -0.4 is 5.32 Å². The molecular formula is C14H8BrClFNO3. The number of anilines is 1. The Kier molecular flexibility index (Phi) is 4.59. The van der Waals surface area contributed by atoms with Crippen molar-refractivity contribution in [3.8, 4) is 0 Å². The first-order valence-electron chi connectivity index (χ1n) is 5.67. The van der Waals surface area contributed by atoms with E-state index in [0.29, 0.717) is 4.47 Å². The molecule has 0 bridgehead atoms.